The standard InChI is InChI=1S/C20H20N4O4/c1-27-16-9-8-14(10-17(16)28-2)22-18-11-15(13-6-4-3-5-7-13)23-20(24-18)21-12-19(25)26/h3-11H,12H2,1-2H3,(H,25,26)(H2,21,22,23,24). The molecule has 8 heteroatoms. The number of benzene rings is 2. The first kappa shape index (κ1) is 19.0. The number of nitrogens with one attached hydrogen (secondary N) is 2. The molecule has 3 aromatic rings. The summed E-state index contributed by atoms with van der Waals surface area (Å²) < 4.78 is 10.6. The molecule has 0 radical (unpaired) electrons. The van der Waals surface area contributed by atoms with E-state index in [1.165, 1.54) is 0 Å². The van der Waals surface area contributed by atoms with Gasteiger partial charge in [-0.15, -0.1) is 0 Å². The number of nitrogens with zero attached hydrogens (tertiary/aromatic N) is 2. The second-order valence-electron chi connectivity index (χ2n) is 5.77. The molecule has 0 amide bonds. The van der Waals surface area contributed by atoms with Crippen LogP contribution in [0.1, 0.15) is 0 Å². The molecule has 0 spiro atoms. The van der Waals surface area contributed by atoms with Gasteiger partial charge in [0.05, 0.1) is 19.9 Å². The number of hydrogen-bond donors (Lipinski definition) is 3. The third-order valence-corrected chi connectivity index (χ3v) is 3.85. The summed E-state index contributed by atoms with van der Waals surface area (Å²) in [5, 5.41) is 14.8. The highest BCUT2D eigenvalue weighted by atomic mass is 16.5. The number of aliphatic carboxylic acids is 1. The Labute approximate surface area is 162 Å². The fourth-order valence-corrected chi connectivity index (χ4v) is 2.56. The molecule has 0 atom stereocenters. The van der Waals surface area contributed by atoms with Crippen molar-refractivity contribution in [3.05, 3.63) is 54.6 Å². The normalized spacial score (nSPS) is 10.2. The van der Waals surface area contributed by atoms with E-state index in [0.717, 1.165) is 11.3 Å². The van der Waals surface area contributed by atoms with Crippen molar-refractivity contribution in [2.45, 2.75) is 0 Å². The van der Waals surface area contributed by atoms with Gasteiger partial charge in [-0.25, -0.2) is 4.98 Å². The molecular weight excluding hydrogens is 360 g/mol. The van der Waals surface area contributed by atoms with Gasteiger partial charge < -0.3 is 25.2 Å². The summed E-state index contributed by atoms with van der Waals surface area (Å²) >= 11 is 0. The third-order valence-electron chi connectivity index (χ3n) is 3.85. The minimum absolute atomic E-state index is 0.215. The van der Waals surface area contributed by atoms with Crippen LogP contribution < -0.4 is 20.1 Å². The first-order valence-corrected chi connectivity index (χ1v) is 8.48. The number of aromatic nitrogens is 2. The number of ether oxygens (including phenoxy) is 2. The van der Waals surface area contributed by atoms with Gasteiger partial charge in [0, 0.05) is 23.4 Å². The summed E-state index contributed by atoms with van der Waals surface area (Å²) in [5.41, 5.74) is 2.28. The zero-order chi connectivity index (χ0) is 19.9. The molecule has 1 heterocycles. The van der Waals surface area contributed by atoms with Crippen LogP contribution in [0.25, 0.3) is 11.3 Å². The van der Waals surface area contributed by atoms with Crippen molar-refractivity contribution in [3.8, 4) is 22.8 Å². The van der Waals surface area contributed by atoms with Gasteiger partial charge >= 0.3 is 5.97 Å². The lowest BCUT2D eigenvalue weighted by Crippen LogP contribution is -2.15. The molecule has 0 fully saturated rings. The lowest BCUT2D eigenvalue weighted by Gasteiger charge is -2.13. The van der Waals surface area contributed by atoms with Gasteiger partial charge in [-0.3, -0.25) is 4.79 Å². The molecule has 0 aliphatic heterocycles. The van der Waals surface area contributed by atoms with E-state index in [2.05, 4.69) is 20.6 Å². The van der Waals surface area contributed by atoms with Crippen LogP contribution in [-0.4, -0.2) is 41.8 Å². The SMILES string of the molecule is COc1ccc(Nc2cc(-c3ccccc3)nc(NCC(=O)O)n2)cc1OC. The molecular formula is C20H20N4O4. The maximum Gasteiger partial charge on any atom is 0.322 e. The predicted octanol–water partition coefficient (Wildman–Crippen LogP) is 3.40. The molecule has 144 valence electrons. The van der Waals surface area contributed by atoms with Crippen LogP contribution in [0.2, 0.25) is 0 Å². The van der Waals surface area contributed by atoms with Crippen LogP contribution in [0.3, 0.4) is 0 Å². The minimum atomic E-state index is -0.997. The molecule has 0 saturated carbocycles. The molecule has 0 aliphatic carbocycles. The van der Waals surface area contributed by atoms with E-state index in [-0.39, 0.29) is 12.5 Å². The molecule has 28 heavy (non-hydrogen) atoms. The molecule has 2 aromatic carbocycles. The average molecular weight is 380 g/mol. The summed E-state index contributed by atoms with van der Waals surface area (Å²) in [5.74, 6) is 0.919. The van der Waals surface area contributed by atoms with E-state index in [4.69, 9.17) is 14.6 Å². The largest absolute Gasteiger partial charge is 0.493 e. The first-order valence-electron chi connectivity index (χ1n) is 8.48. The Hall–Kier alpha value is -3.81. The van der Waals surface area contributed by atoms with Crippen LogP contribution in [0.4, 0.5) is 17.5 Å². The summed E-state index contributed by atoms with van der Waals surface area (Å²) in [6.45, 7) is -0.284. The first-order chi connectivity index (χ1) is 13.6. The maximum absolute atomic E-state index is 10.9. The summed E-state index contributed by atoms with van der Waals surface area (Å²) in [6, 6.07) is 16.8. The van der Waals surface area contributed by atoms with Crippen molar-refractivity contribution in [1.29, 1.82) is 0 Å². The van der Waals surface area contributed by atoms with E-state index < -0.39 is 5.97 Å². The highest BCUT2D eigenvalue weighted by Crippen LogP contribution is 2.31. The van der Waals surface area contributed by atoms with E-state index in [1.807, 2.05) is 36.4 Å². The predicted molar refractivity (Wildman–Crippen MR) is 106 cm³/mol. The number of carbonyl (C=O) groups is 1. The maximum atomic E-state index is 10.9. The highest BCUT2D eigenvalue weighted by molar-refractivity contribution is 5.73. The van der Waals surface area contributed by atoms with Crippen molar-refractivity contribution < 1.29 is 19.4 Å². The Kier molecular flexibility index (Phi) is 5.91. The second-order valence-corrected chi connectivity index (χ2v) is 5.77. The third kappa shape index (κ3) is 4.67. The van der Waals surface area contributed by atoms with Gasteiger partial charge in [0.15, 0.2) is 11.5 Å². The second kappa shape index (κ2) is 8.72. The van der Waals surface area contributed by atoms with E-state index in [0.29, 0.717) is 23.0 Å². The Bertz CT molecular complexity index is 964. The van der Waals surface area contributed by atoms with Gasteiger partial charge in [0.1, 0.15) is 12.4 Å². The van der Waals surface area contributed by atoms with Crippen molar-refractivity contribution in [1.82, 2.24) is 9.97 Å². The zero-order valence-electron chi connectivity index (χ0n) is 15.5. The van der Waals surface area contributed by atoms with Crippen LogP contribution in [0.5, 0.6) is 11.5 Å². The lowest BCUT2D eigenvalue weighted by molar-refractivity contribution is -0.134. The van der Waals surface area contributed by atoms with E-state index in [9.17, 15) is 4.79 Å². The molecule has 0 unspecified atom stereocenters. The van der Waals surface area contributed by atoms with Crippen LogP contribution in [0, 0.1) is 0 Å². The quantitative estimate of drug-likeness (QED) is 0.546. The molecule has 3 rings (SSSR count). The minimum Gasteiger partial charge on any atom is -0.493 e. The van der Waals surface area contributed by atoms with Crippen LogP contribution in [-0.2, 0) is 4.79 Å². The summed E-state index contributed by atoms with van der Waals surface area (Å²) in [6.07, 6.45) is 0. The Morgan fingerprint density at radius 1 is 1.00 bits per heavy atom. The topological polar surface area (TPSA) is 106 Å². The van der Waals surface area contributed by atoms with Crippen molar-refractivity contribution in [2.75, 3.05) is 31.4 Å². The van der Waals surface area contributed by atoms with Crippen molar-refractivity contribution >= 4 is 23.4 Å². The molecule has 1 aromatic heterocycles. The highest BCUT2D eigenvalue weighted by Gasteiger charge is 2.10. The number of methoxy groups -OCH3 is 2. The fourth-order valence-electron chi connectivity index (χ4n) is 2.56. The molecule has 8 nitrogen and oxygen atoms in total. The molecule has 0 bridgehead atoms. The Balaban J connectivity index is 1.95. The number of rotatable bonds is 8. The zero-order valence-corrected chi connectivity index (χ0v) is 15.5. The lowest BCUT2D eigenvalue weighted by atomic mass is 10.1. The van der Waals surface area contributed by atoms with Crippen LogP contribution in [0.15, 0.2) is 54.6 Å². The number of carboxylic acids is 1. The number of carboxylic acid groups (broad SMARTS) is 1. The van der Waals surface area contributed by atoms with Gasteiger partial charge in [0.25, 0.3) is 0 Å². The van der Waals surface area contributed by atoms with E-state index >= 15 is 0 Å². The average Bonchev–Trinajstić information content (AvgIpc) is 2.72. The summed E-state index contributed by atoms with van der Waals surface area (Å²) in [4.78, 5) is 19.6. The van der Waals surface area contributed by atoms with Crippen molar-refractivity contribution in [2.24, 2.45) is 0 Å². The Morgan fingerprint density at radius 3 is 2.43 bits per heavy atom. The van der Waals surface area contributed by atoms with Crippen molar-refractivity contribution in [3.63, 3.8) is 0 Å². The summed E-state index contributed by atoms with van der Waals surface area (Å²) in [7, 11) is 3.13. The number of hydrogen-bond acceptors (Lipinski definition) is 7. The molecule has 3 N–H and O–H groups in total. The van der Waals surface area contributed by atoms with Crippen LogP contribution >= 0.6 is 0 Å². The van der Waals surface area contributed by atoms with E-state index in [1.54, 1.807) is 32.4 Å². The monoisotopic (exact) mass is 380 g/mol. The molecule has 0 aliphatic rings. The fraction of sp³-hybridized carbons (Fsp3) is 0.150. The molecule has 0 saturated heterocycles. The van der Waals surface area contributed by atoms with Gasteiger partial charge in [-0.1, -0.05) is 30.3 Å². The van der Waals surface area contributed by atoms with Gasteiger partial charge in [-0.2, -0.15) is 4.98 Å². The Morgan fingerprint density at radius 2 is 1.75 bits per heavy atom. The van der Waals surface area contributed by atoms with Gasteiger partial charge in [-0.05, 0) is 12.1 Å². The smallest absolute Gasteiger partial charge is 0.322 e. The van der Waals surface area contributed by atoms with Gasteiger partial charge in [0.2, 0.25) is 5.95 Å². The number of anilines is 3.